The van der Waals surface area contributed by atoms with Gasteiger partial charge in [-0.2, -0.15) is 0 Å². The number of rotatable bonds is 4. The van der Waals surface area contributed by atoms with Crippen molar-refractivity contribution in [2.45, 2.75) is 5.92 Å². The van der Waals surface area contributed by atoms with E-state index in [0.29, 0.717) is 0 Å². The first-order chi connectivity index (χ1) is 15.9. The minimum atomic E-state index is -0.679. The van der Waals surface area contributed by atoms with Crippen LogP contribution >= 0.6 is 7.92 Å². The van der Waals surface area contributed by atoms with Crippen LogP contribution in [0, 0.1) is 0 Å². The van der Waals surface area contributed by atoms with Gasteiger partial charge in [0.2, 0.25) is 0 Å². The molecule has 0 saturated heterocycles. The van der Waals surface area contributed by atoms with Gasteiger partial charge < -0.3 is 0 Å². The number of hydrogen-bond acceptors (Lipinski definition) is 0. The maximum absolute atomic E-state index is 2.39. The normalized spacial score (nSPS) is 14.7. The zero-order valence-electron chi connectivity index (χ0n) is 17.7. The van der Waals surface area contributed by atoms with Crippen LogP contribution in [0.4, 0.5) is 0 Å². The number of benzene rings is 5. The fourth-order valence-electron chi connectivity index (χ4n) is 4.89. The second kappa shape index (κ2) is 8.23. The summed E-state index contributed by atoms with van der Waals surface area (Å²) in [4.78, 5) is 0. The van der Waals surface area contributed by atoms with E-state index < -0.39 is 7.92 Å². The van der Waals surface area contributed by atoms with E-state index in [2.05, 4.69) is 133 Å². The van der Waals surface area contributed by atoms with Crippen molar-refractivity contribution >= 4 is 40.7 Å². The molecule has 0 saturated carbocycles. The molecule has 0 N–H and O–H groups in total. The molecule has 32 heavy (non-hydrogen) atoms. The van der Waals surface area contributed by atoms with Crippen molar-refractivity contribution in [2.75, 3.05) is 0 Å². The van der Waals surface area contributed by atoms with Gasteiger partial charge in [0.15, 0.2) is 0 Å². The van der Waals surface area contributed by atoms with Crippen LogP contribution < -0.4 is 15.9 Å². The SMILES string of the molecule is C1=CC(c2c(P(c3ccccc3)c3ccccc3)ccc3ccccc23)c2ccccc21. The molecule has 0 fully saturated rings. The Morgan fingerprint density at radius 1 is 0.531 bits per heavy atom. The Bertz CT molecular complexity index is 1380. The predicted octanol–water partition coefficient (Wildman–Crippen LogP) is 6.76. The zero-order valence-corrected chi connectivity index (χ0v) is 18.6. The minimum Gasteiger partial charge on any atom is -0.0720 e. The average molecular weight is 426 g/mol. The highest BCUT2D eigenvalue weighted by Crippen LogP contribution is 2.43. The molecule has 0 aliphatic heterocycles. The zero-order chi connectivity index (χ0) is 21.3. The highest BCUT2D eigenvalue weighted by atomic mass is 31.1. The lowest BCUT2D eigenvalue weighted by Crippen LogP contribution is -2.24. The molecule has 0 nitrogen and oxygen atoms in total. The predicted molar refractivity (Wildman–Crippen MR) is 140 cm³/mol. The van der Waals surface area contributed by atoms with Crippen molar-refractivity contribution < 1.29 is 0 Å². The lowest BCUT2D eigenvalue weighted by Gasteiger charge is -2.26. The van der Waals surface area contributed by atoms with Gasteiger partial charge in [0.25, 0.3) is 0 Å². The quantitative estimate of drug-likeness (QED) is 0.279. The first-order valence-electron chi connectivity index (χ1n) is 11.1. The van der Waals surface area contributed by atoms with Gasteiger partial charge in [-0.1, -0.05) is 133 Å². The van der Waals surface area contributed by atoms with Crippen LogP contribution in [-0.2, 0) is 0 Å². The lowest BCUT2D eigenvalue weighted by atomic mass is 9.89. The van der Waals surface area contributed by atoms with Gasteiger partial charge in [0.1, 0.15) is 0 Å². The maximum Gasteiger partial charge on any atom is 0.0291 e. The van der Waals surface area contributed by atoms with Crippen LogP contribution in [0.1, 0.15) is 22.6 Å². The Morgan fingerprint density at radius 2 is 1.16 bits per heavy atom. The summed E-state index contributed by atoms with van der Waals surface area (Å²) in [7, 11) is -0.679. The van der Waals surface area contributed by atoms with E-state index in [-0.39, 0.29) is 5.92 Å². The molecule has 0 amide bonds. The minimum absolute atomic E-state index is 0.268. The summed E-state index contributed by atoms with van der Waals surface area (Å²) >= 11 is 0. The van der Waals surface area contributed by atoms with E-state index in [4.69, 9.17) is 0 Å². The number of fused-ring (bicyclic) bond motifs is 2. The van der Waals surface area contributed by atoms with Gasteiger partial charge in [-0.3, -0.25) is 0 Å². The molecule has 152 valence electrons. The van der Waals surface area contributed by atoms with Crippen molar-refractivity contribution in [2.24, 2.45) is 0 Å². The highest BCUT2D eigenvalue weighted by Gasteiger charge is 2.27. The van der Waals surface area contributed by atoms with Gasteiger partial charge >= 0.3 is 0 Å². The van der Waals surface area contributed by atoms with Crippen LogP contribution in [-0.4, -0.2) is 0 Å². The van der Waals surface area contributed by atoms with Crippen molar-refractivity contribution in [3.05, 3.63) is 144 Å². The first kappa shape index (κ1) is 19.2. The molecular weight excluding hydrogens is 403 g/mol. The van der Waals surface area contributed by atoms with Gasteiger partial charge in [-0.05, 0) is 51.3 Å². The molecular formula is C31H23P. The third kappa shape index (κ3) is 3.29. The largest absolute Gasteiger partial charge is 0.0720 e. The highest BCUT2D eigenvalue weighted by molar-refractivity contribution is 7.80. The summed E-state index contributed by atoms with van der Waals surface area (Å²) in [5.41, 5.74) is 4.18. The van der Waals surface area contributed by atoms with E-state index in [9.17, 15) is 0 Å². The smallest absolute Gasteiger partial charge is 0.0291 e. The summed E-state index contributed by atoms with van der Waals surface area (Å²) in [5.74, 6) is 0.268. The monoisotopic (exact) mass is 426 g/mol. The van der Waals surface area contributed by atoms with E-state index in [1.54, 1.807) is 0 Å². The molecule has 0 bridgehead atoms. The van der Waals surface area contributed by atoms with E-state index in [1.807, 2.05) is 0 Å². The lowest BCUT2D eigenvalue weighted by molar-refractivity contribution is 1.08. The standard InChI is InChI=1S/C31H23P/c1-3-13-25(14-4-1)32(26-15-5-2-6-16-26)30-22-20-24-12-8-10-18-28(24)31(30)29-21-19-23-11-7-9-17-27(23)29/h1-22,29H. The molecule has 1 heteroatoms. The number of hydrogen-bond donors (Lipinski definition) is 0. The topological polar surface area (TPSA) is 0 Å². The van der Waals surface area contributed by atoms with Gasteiger partial charge in [0, 0.05) is 5.92 Å². The van der Waals surface area contributed by atoms with Gasteiger partial charge in [0.05, 0.1) is 0 Å². The molecule has 5 aromatic rings. The summed E-state index contributed by atoms with van der Waals surface area (Å²) in [6.07, 6.45) is 4.68. The third-order valence-corrected chi connectivity index (χ3v) is 8.83. The Kier molecular flexibility index (Phi) is 4.94. The van der Waals surface area contributed by atoms with Crippen LogP contribution in [0.25, 0.3) is 16.8 Å². The first-order valence-corrected chi connectivity index (χ1v) is 12.4. The summed E-state index contributed by atoms with van der Waals surface area (Å²) < 4.78 is 0. The molecule has 1 atom stereocenters. The summed E-state index contributed by atoms with van der Waals surface area (Å²) in [6, 6.07) is 44.4. The fourth-order valence-corrected chi connectivity index (χ4v) is 7.41. The third-order valence-electron chi connectivity index (χ3n) is 6.33. The van der Waals surface area contributed by atoms with E-state index in [0.717, 1.165) is 0 Å². The molecule has 0 spiro atoms. The van der Waals surface area contributed by atoms with Crippen LogP contribution in [0.5, 0.6) is 0 Å². The summed E-state index contributed by atoms with van der Waals surface area (Å²) in [6.45, 7) is 0. The fraction of sp³-hybridized carbons (Fsp3) is 0.0323. The van der Waals surface area contributed by atoms with Crippen molar-refractivity contribution in [1.29, 1.82) is 0 Å². The second-order valence-electron chi connectivity index (χ2n) is 8.19. The van der Waals surface area contributed by atoms with Gasteiger partial charge in [-0.15, -0.1) is 0 Å². The van der Waals surface area contributed by atoms with Crippen LogP contribution in [0.3, 0.4) is 0 Å². The Balaban J connectivity index is 1.66. The molecule has 5 aromatic carbocycles. The van der Waals surface area contributed by atoms with Crippen molar-refractivity contribution in [1.82, 2.24) is 0 Å². The summed E-state index contributed by atoms with van der Waals surface area (Å²) in [5, 5.41) is 6.89. The van der Waals surface area contributed by atoms with E-state index >= 15 is 0 Å². The van der Waals surface area contributed by atoms with Crippen molar-refractivity contribution in [3.63, 3.8) is 0 Å². The molecule has 0 radical (unpaired) electrons. The van der Waals surface area contributed by atoms with E-state index in [1.165, 1.54) is 43.4 Å². The van der Waals surface area contributed by atoms with Gasteiger partial charge in [-0.25, -0.2) is 0 Å². The average Bonchev–Trinajstić information content (AvgIpc) is 3.29. The molecule has 6 rings (SSSR count). The maximum atomic E-state index is 2.39. The molecule has 1 unspecified atom stereocenters. The Morgan fingerprint density at radius 3 is 1.91 bits per heavy atom. The molecule has 1 aliphatic carbocycles. The molecule has 0 heterocycles. The Labute approximate surface area is 190 Å². The van der Waals surface area contributed by atoms with Crippen LogP contribution in [0.2, 0.25) is 0 Å². The number of allylic oxidation sites excluding steroid dienone is 1. The van der Waals surface area contributed by atoms with Crippen molar-refractivity contribution in [3.8, 4) is 0 Å². The molecule has 0 aromatic heterocycles. The molecule has 1 aliphatic rings. The van der Waals surface area contributed by atoms with Crippen LogP contribution in [0.15, 0.2) is 127 Å². The Hall–Kier alpha value is -3.47. The second-order valence-corrected chi connectivity index (χ2v) is 10.4.